The molecular formula is C22H34N4O2S. The van der Waals surface area contributed by atoms with Crippen molar-refractivity contribution in [2.24, 2.45) is 4.99 Å². The number of thiazole rings is 1. The van der Waals surface area contributed by atoms with Gasteiger partial charge in [-0.2, -0.15) is 0 Å². The first kappa shape index (κ1) is 23.0. The molecule has 0 spiro atoms. The van der Waals surface area contributed by atoms with E-state index in [1.165, 1.54) is 21.1 Å². The number of rotatable bonds is 11. The topological polar surface area (TPSA) is 67.8 Å². The van der Waals surface area contributed by atoms with Crippen LogP contribution in [0.3, 0.4) is 0 Å². The van der Waals surface area contributed by atoms with Gasteiger partial charge in [0.2, 0.25) is 0 Å². The van der Waals surface area contributed by atoms with Gasteiger partial charge in [0.05, 0.1) is 23.9 Å². The highest BCUT2D eigenvalue weighted by Gasteiger charge is 2.08. The van der Waals surface area contributed by atoms with Gasteiger partial charge in [-0.15, -0.1) is 11.3 Å². The molecule has 29 heavy (non-hydrogen) atoms. The van der Waals surface area contributed by atoms with Crippen molar-refractivity contribution >= 4 is 17.3 Å². The van der Waals surface area contributed by atoms with Crippen LogP contribution in [0.25, 0.3) is 0 Å². The Bertz CT molecular complexity index is 789. The molecule has 6 nitrogen and oxygen atoms in total. The summed E-state index contributed by atoms with van der Waals surface area (Å²) in [6, 6.07) is 6.13. The minimum Gasteiger partial charge on any atom is -0.490 e. The van der Waals surface area contributed by atoms with Crippen LogP contribution >= 0.6 is 11.3 Å². The first-order valence-electron chi connectivity index (χ1n) is 10.4. The maximum absolute atomic E-state index is 5.71. The molecule has 0 fully saturated rings. The summed E-state index contributed by atoms with van der Waals surface area (Å²) in [6.07, 6.45) is 2.77. The first-order valence-corrected chi connectivity index (χ1v) is 11.2. The summed E-state index contributed by atoms with van der Waals surface area (Å²) in [7, 11) is 1.79. The zero-order valence-electron chi connectivity index (χ0n) is 18.3. The summed E-state index contributed by atoms with van der Waals surface area (Å²) in [5.74, 6) is 2.41. The molecule has 0 radical (unpaired) electrons. The summed E-state index contributed by atoms with van der Waals surface area (Å²) in [6.45, 7) is 11.1. The molecule has 160 valence electrons. The van der Waals surface area contributed by atoms with Crippen LogP contribution in [0.1, 0.15) is 41.9 Å². The lowest BCUT2D eigenvalue weighted by Crippen LogP contribution is -2.39. The third-order valence-corrected chi connectivity index (χ3v) is 5.51. The van der Waals surface area contributed by atoms with E-state index in [1.54, 1.807) is 18.4 Å². The van der Waals surface area contributed by atoms with Gasteiger partial charge in [-0.05, 0) is 51.3 Å². The Morgan fingerprint density at radius 2 is 1.72 bits per heavy atom. The molecule has 0 saturated carbocycles. The molecule has 2 N–H and O–H groups in total. The Morgan fingerprint density at radius 1 is 1.03 bits per heavy atom. The molecule has 1 aromatic heterocycles. The molecule has 2 rings (SSSR count). The highest BCUT2D eigenvalue weighted by atomic mass is 32.1. The van der Waals surface area contributed by atoms with Crippen LogP contribution in [0.4, 0.5) is 0 Å². The van der Waals surface area contributed by atoms with Gasteiger partial charge < -0.3 is 20.1 Å². The van der Waals surface area contributed by atoms with E-state index in [-0.39, 0.29) is 0 Å². The van der Waals surface area contributed by atoms with E-state index in [2.05, 4.69) is 41.6 Å². The quantitative estimate of drug-likeness (QED) is 0.430. The average molecular weight is 419 g/mol. The second kappa shape index (κ2) is 12.3. The van der Waals surface area contributed by atoms with Crippen molar-refractivity contribution < 1.29 is 9.47 Å². The third kappa shape index (κ3) is 7.24. The number of nitrogens with zero attached hydrogens (tertiary/aromatic N) is 2. The van der Waals surface area contributed by atoms with Gasteiger partial charge in [-0.3, -0.25) is 4.99 Å². The molecule has 1 heterocycles. The van der Waals surface area contributed by atoms with Crippen LogP contribution in [0, 0.1) is 6.92 Å². The molecule has 7 heteroatoms. The lowest BCUT2D eigenvalue weighted by molar-refractivity contribution is 0.287. The van der Waals surface area contributed by atoms with Crippen LogP contribution in [-0.2, 0) is 19.3 Å². The summed E-state index contributed by atoms with van der Waals surface area (Å²) < 4.78 is 11.3. The minimum atomic E-state index is 0.622. The molecule has 0 atom stereocenters. The number of hydrogen-bond acceptors (Lipinski definition) is 5. The maximum Gasteiger partial charge on any atom is 0.191 e. The first-order chi connectivity index (χ1) is 14.1. The Balaban J connectivity index is 1.79. The monoisotopic (exact) mass is 418 g/mol. The van der Waals surface area contributed by atoms with E-state index >= 15 is 0 Å². The van der Waals surface area contributed by atoms with Crippen molar-refractivity contribution in [3.05, 3.63) is 39.3 Å². The lowest BCUT2D eigenvalue weighted by atomic mass is 10.1. The summed E-state index contributed by atoms with van der Waals surface area (Å²) in [5, 5.41) is 7.92. The predicted molar refractivity (Wildman–Crippen MR) is 122 cm³/mol. The zero-order chi connectivity index (χ0) is 21.1. The van der Waals surface area contributed by atoms with Gasteiger partial charge in [0.25, 0.3) is 0 Å². The van der Waals surface area contributed by atoms with Crippen molar-refractivity contribution in [3.8, 4) is 11.5 Å². The van der Waals surface area contributed by atoms with Crippen molar-refractivity contribution in [1.29, 1.82) is 0 Å². The smallest absolute Gasteiger partial charge is 0.191 e. The standard InChI is InChI=1S/C22H34N4O2S/c1-6-18-16(4)29-21(26-18)12-14-25-22(23-5)24-13-11-17-9-10-19(27-7-2)20(15-17)28-8-3/h9-10,15H,6-8,11-14H2,1-5H3,(H2,23,24,25). The highest BCUT2D eigenvalue weighted by molar-refractivity contribution is 7.11. The number of aliphatic imine (C=N–C) groups is 1. The number of aryl methyl sites for hydroxylation is 2. The predicted octanol–water partition coefficient (Wildman–Crippen LogP) is 3.76. The van der Waals surface area contributed by atoms with E-state index in [9.17, 15) is 0 Å². The highest BCUT2D eigenvalue weighted by Crippen LogP contribution is 2.28. The number of guanidine groups is 1. The van der Waals surface area contributed by atoms with Crippen LogP contribution in [0.5, 0.6) is 11.5 Å². The lowest BCUT2D eigenvalue weighted by Gasteiger charge is -2.14. The van der Waals surface area contributed by atoms with E-state index in [0.29, 0.717) is 13.2 Å². The van der Waals surface area contributed by atoms with Gasteiger partial charge in [0.15, 0.2) is 17.5 Å². The number of ether oxygens (including phenoxy) is 2. The zero-order valence-corrected chi connectivity index (χ0v) is 19.1. The van der Waals surface area contributed by atoms with E-state index < -0.39 is 0 Å². The van der Waals surface area contributed by atoms with E-state index in [0.717, 1.165) is 49.8 Å². The average Bonchev–Trinajstić information content (AvgIpc) is 3.08. The molecule has 0 aliphatic carbocycles. The fourth-order valence-electron chi connectivity index (χ4n) is 3.01. The molecular weight excluding hydrogens is 384 g/mol. The van der Waals surface area contributed by atoms with Crippen molar-refractivity contribution in [1.82, 2.24) is 15.6 Å². The fourth-order valence-corrected chi connectivity index (χ4v) is 4.03. The van der Waals surface area contributed by atoms with Gasteiger partial charge in [0, 0.05) is 31.4 Å². The maximum atomic E-state index is 5.71. The number of nitrogens with one attached hydrogen (secondary N) is 2. The number of hydrogen-bond donors (Lipinski definition) is 2. The molecule has 0 unspecified atom stereocenters. The third-order valence-electron chi connectivity index (χ3n) is 4.44. The normalized spacial score (nSPS) is 11.4. The number of aromatic nitrogens is 1. The van der Waals surface area contributed by atoms with Crippen LogP contribution in [0.2, 0.25) is 0 Å². The van der Waals surface area contributed by atoms with Gasteiger partial charge in [-0.25, -0.2) is 4.98 Å². The van der Waals surface area contributed by atoms with E-state index in [1.807, 2.05) is 19.9 Å². The van der Waals surface area contributed by atoms with Gasteiger partial charge >= 0.3 is 0 Å². The number of benzene rings is 1. The van der Waals surface area contributed by atoms with Gasteiger partial charge in [-0.1, -0.05) is 13.0 Å². The van der Waals surface area contributed by atoms with Crippen LogP contribution in [-0.4, -0.2) is 44.3 Å². The van der Waals surface area contributed by atoms with Gasteiger partial charge in [0.1, 0.15) is 0 Å². The largest absolute Gasteiger partial charge is 0.490 e. The van der Waals surface area contributed by atoms with E-state index in [4.69, 9.17) is 14.5 Å². The summed E-state index contributed by atoms with van der Waals surface area (Å²) >= 11 is 1.79. The molecule has 0 bridgehead atoms. The summed E-state index contributed by atoms with van der Waals surface area (Å²) in [4.78, 5) is 10.3. The Labute approximate surface area is 178 Å². The Morgan fingerprint density at radius 3 is 2.34 bits per heavy atom. The van der Waals surface area contributed by atoms with Crippen molar-refractivity contribution in [2.75, 3.05) is 33.4 Å². The van der Waals surface area contributed by atoms with Crippen LogP contribution in [0.15, 0.2) is 23.2 Å². The van der Waals surface area contributed by atoms with Crippen molar-refractivity contribution in [3.63, 3.8) is 0 Å². The molecule has 1 aromatic carbocycles. The van der Waals surface area contributed by atoms with Crippen LogP contribution < -0.4 is 20.1 Å². The minimum absolute atomic E-state index is 0.622. The Hall–Kier alpha value is -2.28. The molecule has 0 aliphatic rings. The molecule has 2 aromatic rings. The molecule has 0 amide bonds. The Kier molecular flexibility index (Phi) is 9.77. The second-order valence-corrected chi connectivity index (χ2v) is 7.82. The fraction of sp³-hybridized carbons (Fsp3) is 0.545. The van der Waals surface area contributed by atoms with Crippen molar-refractivity contribution in [2.45, 2.75) is 47.0 Å². The molecule has 0 saturated heterocycles. The SMILES string of the molecule is CCOc1ccc(CCNC(=NC)NCCc2nc(CC)c(C)s2)cc1OCC. The summed E-state index contributed by atoms with van der Waals surface area (Å²) in [5.41, 5.74) is 2.42. The second-order valence-electron chi connectivity index (χ2n) is 6.54. The molecule has 0 aliphatic heterocycles.